The molecule has 186 valence electrons. The lowest BCUT2D eigenvalue weighted by Crippen LogP contribution is -2.55. The molecule has 2 aliphatic rings. The molecule has 1 aliphatic heterocycles. The molecule has 3 amide bonds. The van der Waals surface area contributed by atoms with E-state index in [0.717, 1.165) is 25.7 Å². The number of hydrogen-bond acceptors (Lipinski definition) is 3. The van der Waals surface area contributed by atoms with E-state index in [1.54, 1.807) is 17.0 Å². The van der Waals surface area contributed by atoms with Gasteiger partial charge in [-0.15, -0.1) is 0 Å². The molecule has 0 aromatic heterocycles. The van der Waals surface area contributed by atoms with Crippen LogP contribution in [0.3, 0.4) is 0 Å². The van der Waals surface area contributed by atoms with Gasteiger partial charge in [-0.1, -0.05) is 36.0 Å². The largest absolute Gasteiger partial charge is 0.351 e. The van der Waals surface area contributed by atoms with Crippen LogP contribution in [0.4, 0.5) is 4.39 Å². The number of nitrogens with one attached hydrogen (secondary N) is 2. The highest BCUT2D eigenvalue weighted by Crippen LogP contribution is 2.26. The fourth-order valence-corrected chi connectivity index (χ4v) is 5.33. The molecule has 1 saturated heterocycles. The van der Waals surface area contributed by atoms with Gasteiger partial charge in [0.25, 0.3) is 11.8 Å². The monoisotopic (exact) mass is 519 g/mol. The van der Waals surface area contributed by atoms with Crippen LogP contribution >= 0.6 is 23.2 Å². The Hall–Kier alpha value is -2.64. The lowest BCUT2D eigenvalue weighted by Gasteiger charge is -2.36. The van der Waals surface area contributed by atoms with Crippen LogP contribution in [-0.2, 0) is 4.79 Å². The minimum Gasteiger partial charge on any atom is -0.351 e. The maximum Gasteiger partial charge on any atom is 0.255 e. The Labute approximate surface area is 214 Å². The van der Waals surface area contributed by atoms with Crippen molar-refractivity contribution in [1.82, 2.24) is 15.5 Å². The first-order valence-corrected chi connectivity index (χ1v) is 12.7. The van der Waals surface area contributed by atoms with Gasteiger partial charge in [0.05, 0.1) is 16.5 Å². The average Bonchev–Trinajstić information content (AvgIpc) is 2.85. The molecule has 2 fully saturated rings. The minimum absolute atomic E-state index is 0.113. The summed E-state index contributed by atoms with van der Waals surface area (Å²) in [4.78, 5) is 40.5. The highest BCUT2D eigenvalue weighted by atomic mass is 35.5. The van der Waals surface area contributed by atoms with E-state index in [-0.39, 0.29) is 40.7 Å². The number of nitrogens with zero attached hydrogens (tertiary/aromatic N) is 1. The first-order valence-electron chi connectivity index (χ1n) is 11.9. The summed E-state index contributed by atoms with van der Waals surface area (Å²) < 4.78 is 13.2. The quantitative estimate of drug-likeness (QED) is 0.592. The van der Waals surface area contributed by atoms with E-state index in [0.29, 0.717) is 42.1 Å². The van der Waals surface area contributed by atoms with Crippen LogP contribution in [0.25, 0.3) is 0 Å². The summed E-state index contributed by atoms with van der Waals surface area (Å²) in [6, 6.07) is 9.75. The van der Waals surface area contributed by atoms with Crippen molar-refractivity contribution in [2.24, 2.45) is 5.92 Å². The van der Waals surface area contributed by atoms with Gasteiger partial charge in [-0.2, -0.15) is 0 Å². The fourth-order valence-electron chi connectivity index (χ4n) is 4.84. The molecule has 9 heteroatoms. The average molecular weight is 520 g/mol. The first-order chi connectivity index (χ1) is 16.8. The van der Waals surface area contributed by atoms with Crippen LogP contribution in [0.2, 0.25) is 10.0 Å². The number of carbonyl (C=O) groups excluding carboxylic acids is 3. The molecule has 0 bridgehead atoms. The predicted octanol–water partition coefficient (Wildman–Crippen LogP) is 4.84. The number of hydrogen-bond donors (Lipinski definition) is 2. The Morgan fingerprint density at radius 2 is 1.57 bits per heavy atom. The summed E-state index contributed by atoms with van der Waals surface area (Å²) in [5, 5.41) is 6.88. The molecule has 0 unspecified atom stereocenters. The normalized spacial score (nSPS) is 22.4. The van der Waals surface area contributed by atoms with E-state index in [1.165, 1.54) is 30.3 Å². The second-order valence-corrected chi connectivity index (χ2v) is 10.0. The van der Waals surface area contributed by atoms with Crippen LogP contribution in [-0.4, -0.2) is 47.8 Å². The van der Waals surface area contributed by atoms with Gasteiger partial charge in [0, 0.05) is 35.8 Å². The van der Waals surface area contributed by atoms with Crippen molar-refractivity contribution in [3.05, 3.63) is 69.5 Å². The maximum atomic E-state index is 13.2. The van der Waals surface area contributed by atoms with Gasteiger partial charge < -0.3 is 15.5 Å². The summed E-state index contributed by atoms with van der Waals surface area (Å²) in [5.41, 5.74) is 0.748. The highest BCUT2D eigenvalue weighted by molar-refractivity contribution is 6.36. The molecule has 0 radical (unpaired) electrons. The Balaban J connectivity index is 1.37. The zero-order chi connectivity index (χ0) is 24.9. The third kappa shape index (κ3) is 6.33. The Kier molecular flexibility index (Phi) is 8.29. The Morgan fingerprint density at radius 1 is 0.886 bits per heavy atom. The number of halogens is 3. The number of piperidine rings is 1. The lowest BCUT2D eigenvalue weighted by atomic mass is 9.88. The molecule has 2 aromatic carbocycles. The molecule has 1 aliphatic carbocycles. The van der Waals surface area contributed by atoms with Crippen LogP contribution in [0.1, 0.15) is 59.2 Å². The number of carbonyl (C=O) groups is 3. The van der Waals surface area contributed by atoms with Crippen molar-refractivity contribution in [1.29, 1.82) is 0 Å². The van der Waals surface area contributed by atoms with E-state index >= 15 is 0 Å². The van der Waals surface area contributed by atoms with Gasteiger partial charge in [-0.25, -0.2) is 4.39 Å². The van der Waals surface area contributed by atoms with Crippen molar-refractivity contribution in [3.8, 4) is 0 Å². The van der Waals surface area contributed by atoms with E-state index in [2.05, 4.69) is 10.6 Å². The van der Waals surface area contributed by atoms with Crippen molar-refractivity contribution in [3.63, 3.8) is 0 Å². The van der Waals surface area contributed by atoms with Crippen molar-refractivity contribution >= 4 is 40.9 Å². The number of amides is 3. The molecular formula is C26H28Cl2FN3O3. The highest BCUT2D eigenvalue weighted by Gasteiger charge is 2.33. The molecule has 1 saturated carbocycles. The van der Waals surface area contributed by atoms with E-state index in [1.807, 2.05) is 0 Å². The molecular weight excluding hydrogens is 492 g/mol. The molecule has 1 heterocycles. The van der Waals surface area contributed by atoms with E-state index in [9.17, 15) is 18.8 Å². The standard InChI is InChI=1S/C26H28Cl2FN3O3/c27-18-9-12-20(21(28)14-18)26(35)32-13-3-4-17(15-32)25(34)31-23-6-2-1-5-22(23)30-24(33)16-7-10-19(29)11-8-16/h7-12,14,17,22-23H,1-6,13,15H2,(H,30,33)(H,31,34)/t17-,22-,23-/m1/s1. The van der Waals surface area contributed by atoms with Gasteiger partial charge in [0.1, 0.15) is 5.82 Å². The van der Waals surface area contributed by atoms with Gasteiger partial charge in [0.2, 0.25) is 5.91 Å². The summed E-state index contributed by atoms with van der Waals surface area (Å²) in [6.45, 7) is 0.865. The minimum atomic E-state index is -0.400. The van der Waals surface area contributed by atoms with Gasteiger partial charge in [0.15, 0.2) is 0 Å². The third-order valence-electron chi connectivity index (χ3n) is 6.76. The van der Waals surface area contributed by atoms with Crippen LogP contribution in [0.15, 0.2) is 42.5 Å². The van der Waals surface area contributed by atoms with Crippen molar-refractivity contribution < 1.29 is 18.8 Å². The SMILES string of the molecule is O=C(N[C@@H]1CCCC[C@H]1NC(=O)[C@@H]1CCCN(C(=O)c2ccc(Cl)cc2Cl)C1)c1ccc(F)cc1. The fraction of sp³-hybridized carbons (Fsp3) is 0.423. The summed E-state index contributed by atoms with van der Waals surface area (Å²) in [7, 11) is 0. The lowest BCUT2D eigenvalue weighted by molar-refractivity contribution is -0.127. The summed E-state index contributed by atoms with van der Waals surface area (Å²) in [5.74, 6) is -1.36. The molecule has 6 nitrogen and oxygen atoms in total. The van der Waals surface area contributed by atoms with Gasteiger partial charge in [-0.3, -0.25) is 14.4 Å². The first kappa shape index (κ1) is 25.5. The number of likely N-dealkylation sites (tertiary alicyclic amines) is 1. The summed E-state index contributed by atoms with van der Waals surface area (Å²) >= 11 is 12.2. The number of rotatable bonds is 5. The third-order valence-corrected chi connectivity index (χ3v) is 7.31. The number of benzene rings is 2. The molecule has 35 heavy (non-hydrogen) atoms. The zero-order valence-electron chi connectivity index (χ0n) is 19.2. The molecule has 4 rings (SSSR count). The van der Waals surface area contributed by atoms with E-state index in [4.69, 9.17) is 23.2 Å². The second kappa shape index (κ2) is 11.4. The molecule has 0 spiro atoms. The van der Waals surface area contributed by atoms with Crippen molar-refractivity contribution in [2.75, 3.05) is 13.1 Å². The van der Waals surface area contributed by atoms with Crippen molar-refractivity contribution in [2.45, 2.75) is 50.6 Å². The van der Waals surface area contributed by atoms with Crippen LogP contribution < -0.4 is 10.6 Å². The van der Waals surface area contributed by atoms with Crippen LogP contribution in [0.5, 0.6) is 0 Å². The maximum absolute atomic E-state index is 13.2. The topological polar surface area (TPSA) is 78.5 Å². The Morgan fingerprint density at radius 3 is 2.26 bits per heavy atom. The Bertz CT molecular complexity index is 1100. The summed E-state index contributed by atoms with van der Waals surface area (Å²) in [6.07, 6.45) is 4.82. The smallest absolute Gasteiger partial charge is 0.255 e. The second-order valence-electron chi connectivity index (χ2n) is 9.20. The van der Waals surface area contributed by atoms with Gasteiger partial charge >= 0.3 is 0 Å². The van der Waals surface area contributed by atoms with Gasteiger partial charge in [-0.05, 0) is 68.1 Å². The molecule has 2 N–H and O–H groups in total. The molecule has 3 atom stereocenters. The van der Waals surface area contributed by atoms with E-state index < -0.39 is 5.82 Å². The zero-order valence-corrected chi connectivity index (χ0v) is 20.7. The van der Waals surface area contributed by atoms with Crippen LogP contribution in [0, 0.1) is 11.7 Å². The predicted molar refractivity (Wildman–Crippen MR) is 133 cm³/mol. The molecule has 2 aromatic rings.